The Balaban J connectivity index is 1.65. The quantitative estimate of drug-likeness (QED) is 0.411. The van der Waals surface area contributed by atoms with Crippen LogP contribution in [0, 0.1) is 31.3 Å². The lowest BCUT2D eigenvalue weighted by Gasteiger charge is -2.10. The van der Waals surface area contributed by atoms with Gasteiger partial charge >= 0.3 is 5.97 Å². The maximum Gasteiger partial charge on any atom is 0.341 e. The van der Waals surface area contributed by atoms with Crippen molar-refractivity contribution < 1.29 is 27.5 Å². The van der Waals surface area contributed by atoms with Crippen LogP contribution in [-0.4, -0.2) is 22.9 Å². The number of nitrogens with zero attached hydrogens (tertiary/aromatic N) is 1. The molecule has 0 saturated heterocycles. The Morgan fingerprint density at radius 3 is 2.23 bits per heavy atom. The van der Waals surface area contributed by atoms with Gasteiger partial charge in [-0.05, 0) is 56.2 Å². The first-order chi connectivity index (χ1) is 14.3. The summed E-state index contributed by atoms with van der Waals surface area (Å²) in [5.74, 6) is -3.62. The van der Waals surface area contributed by atoms with Crippen LogP contribution >= 0.6 is 0 Å². The number of carbonyl (C=O) groups excluding carboxylic acids is 2. The molecule has 0 spiro atoms. The van der Waals surface area contributed by atoms with Gasteiger partial charge in [0, 0.05) is 29.6 Å². The highest BCUT2D eigenvalue weighted by Gasteiger charge is 2.19. The zero-order valence-corrected chi connectivity index (χ0v) is 16.5. The average molecular weight is 415 g/mol. The maximum atomic E-state index is 13.7. The lowest BCUT2D eigenvalue weighted by atomic mass is 10.1. The molecule has 3 rings (SSSR count). The summed E-state index contributed by atoms with van der Waals surface area (Å²) in [5, 5.41) is 0. The summed E-state index contributed by atoms with van der Waals surface area (Å²) in [6.45, 7) is 3.68. The van der Waals surface area contributed by atoms with Crippen molar-refractivity contribution in [3.8, 4) is 0 Å². The van der Waals surface area contributed by atoms with Gasteiger partial charge in [-0.25, -0.2) is 18.0 Å². The normalized spacial score (nSPS) is 10.8. The fourth-order valence-electron chi connectivity index (χ4n) is 3.26. The highest BCUT2D eigenvalue weighted by Crippen LogP contribution is 2.18. The number of hydrogen-bond donors (Lipinski definition) is 0. The van der Waals surface area contributed by atoms with Crippen LogP contribution in [0.15, 0.2) is 48.5 Å². The molecular formula is C23H20F3NO3. The molecule has 156 valence electrons. The predicted octanol–water partition coefficient (Wildman–Crippen LogP) is 4.80. The standard InChI is InChI=1S/C23H20F3NO3/c1-14-11-20(15(2)27(14)10-9-16-3-5-17(24)6-4-16)22(28)13-30-23(29)19-8-7-18(25)12-21(19)26/h3-8,11-12H,9-10,13H2,1-2H3. The van der Waals surface area contributed by atoms with Crippen LogP contribution in [0.2, 0.25) is 0 Å². The summed E-state index contributed by atoms with van der Waals surface area (Å²) in [6.07, 6.45) is 0.656. The summed E-state index contributed by atoms with van der Waals surface area (Å²) in [4.78, 5) is 24.5. The molecule has 0 bridgehead atoms. The Bertz CT molecular complexity index is 1090. The third kappa shape index (κ3) is 4.79. The van der Waals surface area contributed by atoms with Crippen molar-refractivity contribution in [2.24, 2.45) is 0 Å². The second kappa shape index (κ2) is 8.98. The second-order valence-electron chi connectivity index (χ2n) is 6.94. The SMILES string of the molecule is Cc1cc(C(=O)COC(=O)c2ccc(F)cc2F)c(C)n1CCc1ccc(F)cc1. The molecule has 0 N–H and O–H groups in total. The Labute approximate surface area is 171 Å². The van der Waals surface area contributed by atoms with E-state index in [0.717, 1.165) is 23.4 Å². The number of halogens is 3. The Morgan fingerprint density at radius 2 is 1.57 bits per heavy atom. The van der Waals surface area contributed by atoms with Crippen molar-refractivity contribution in [2.75, 3.05) is 6.61 Å². The molecule has 0 aliphatic carbocycles. The lowest BCUT2D eigenvalue weighted by molar-refractivity contribution is 0.0469. The Morgan fingerprint density at radius 1 is 0.900 bits per heavy atom. The van der Waals surface area contributed by atoms with Crippen molar-refractivity contribution in [1.29, 1.82) is 0 Å². The van der Waals surface area contributed by atoms with E-state index in [-0.39, 0.29) is 5.82 Å². The summed E-state index contributed by atoms with van der Waals surface area (Å²) < 4.78 is 46.5. The zero-order chi connectivity index (χ0) is 21.8. The number of aromatic nitrogens is 1. The molecule has 0 saturated carbocycles. The fourth-order valence-corrected chi connectivity index (χ4v) is 3.26. The van der Waals surface area contributed by atoms with Gasteiger partial charge in [0.2, 0.25) is 5.78 Å². The van der Waals surface area contributed by atoms with Gasteiger partial charge < -0.3 is 9.30 Å². The molecule has 1 heterocycles. The predicted molar refractivity (Wildman–Crippen MR) is 105 cm³/mol. The highest BCUT2D eigenvalue weighted by molar-refractivity contribution is 6.00. The Kier molecular flexibility index (Phi) is 6.40. The van der Waals surface area contributed by atoms with E-state index in [1.54, 1.807) is 25.1 Å². The maximum absolute atomic E-state index is 13.7. The number of ketones is 1. The highest BCUT2D eigenvalue weighted by atomic mass is 19.1. The van der Waals surface area contributed by atoms with E-state index in [9.17, 15) is 22.8 Å². The van der Waals surface area contributed by atoms with Gasteiger partial charge in [0.05, 0.1) is 5.56 Å². The minimum Gasteiger partial charge on any atom is -0.454 e. The van der Waals surface area contributed by atoms with E-state index in [2.05, 4.69) is 0 Å². The molecule has 3 aromatic rings. The summed E-state index contributed by atoms with van der Waals surface area (Å²) >= 11 is 0. The number of ether oxygens (including phenoxy) is 1. The topological polar surface area (TPSA) is 48.3 Å². The van der Waals surface area contributed by atoms with Crippen molar-refractivity contribution in [3.63, 3.8) is 0 Å². The second-order valence-corrected chi connectivity index (χ2v) is 6.94. The third-order valence-corrected chi connectivity index (χ3v) is 4.90. The molecule has 0 fully saturated rings. The summed E-state index contributed by atoms with van der Waals surface area (Å²) in [5.41, 5.74) is 2.50. The zero-order valence-electron chi connectivity index (χ0n) is 16.5. The number of hydrogen-bond acceptors (Lipinski definition) is 3. The molecule has 1 aromatic heterocycles. The first-order valence-corrected chi connectivity index (χ1v) is 9.33. The van der Waals surface area contributed by atoms with Crippen molar-refractivity contribution in [2.45, 2.75) is 26.8 Å². The van der Waals surface area contributed by atoms with E-state index < -0.39 is 35.6 Å². The minimum absolute atomic E-state index is 0.296. The van der Waals surface area contributed by atoms with Gasteiger partial charge in [-0.15, -0.1) is 0 Å². The molecule has 2 aromatic carbocycles. The van der Waals surface area contributed by atoms with Crippen LogP contribution in [0.3, 0.4) is 0 Å². The van der Waals surface area contributed by atoms with Gasteiger partial charge in [-0.3, -0.25) is 4.79 Å². The fraction of sp³-hybridized carbons (Fsp3) is 0.217. The van der Waals surface area contributed by atoms with E-state index in [1.807, 2.05) is 11.5 Å². The number of aryl methyl sites for hydroxylation is 2. The smallest absolute Gasteiger partial charge is 0.341 e. The van der Waals surface area contributed by atoms with Crippen LogP contribution in [0.1, 0.15) is 37.7 Å². The average Bonchev–Trinajstić information content (AvgIpc) is 2.99. The molecule has 30 heavy (non-hydrogen) atoms. The summed E-state index contributed by atoms with van der Waals surface area (Å²) in [7, 11) is 0. The first kappa shape index (κ1) is 21.4. The number of benzene rings is 2. The molecule has 0 atom stereocenters. The van der Waals surface area contributed by atoms with Gasteiger partial charge in [0.25, 0.3) is 0 Å². The molecule has 7 heteroatoms. The largest absolute Gasteiger partial charge is 0.454 e. The van der Waals surface area contributed by atoms with Crippen LogP contribution in [0.5, 0.6) is 0 Å². The van der Waals surface area contributed by atoms with Crippen molar-refractivity contribution in [1.82, 2.24) is 4.57 Å². The van der Waals surface area contributed by atoms with Gasteiger partial charge in [0.1, 0.15) is 17.5 Å². The van der Waals surface area contributed by atoms with Gasteiger partial charge in [0.15, 0.2) is 6.61 Å². The molecule has 0 radical (unpaired) electrons. The van der Waals surface area contributed by atoms with E-state index in [1.165, 1.54) is 12.1 Å². The van der Waals surface area contributed by atoms with E-state index >= 15 is 0 Å². The van der Waals surface area contributed by atoms with Crippen LogP contribution < -0.4 is 0 Å². The monoisotopic (exact) mass is 415 g/mol. The number of esters is 1. The Hall–Kier alpha value is -3.35. The van der Waals surface area contributed by atoms with E-state index in [4.69, 9.17) is 4.74 Å². The minimum atomic E-state index is -1.05. The third-order valence-electron chi connectivity index (χ3n) is 4.90. The van der Waals surface area contributed by atoms with Crippen LogP contribution in [0.4, 0.5) is 13.2 Å². The molecule has 4 nitrogen and oxygen atoms in total. The lowest BCUT2D eigenvalue weighted by Crippen LogP contribution is -2.16. The molecular weight excluding hydrogens is 395 g/mol. The summed E-state index contributed by atoms with van der Waals surface area (Å²) in [6, 6.07) is 10.4. The number of Topliss-reactive ketones (excluding diaryl/α,β-unsaturated/α-hetero) is 1. The van der Waals surface area contributed by atoms with Gasteiger partial charge in [-0.2, -0.15) is 0 Å². The molecule has 0 aliphatic rings. The molecule has 0 amide bonds. The van der Waals surface area contributed by atoms with Crippen molar-refractivity contribution in [3.05, 3.63) is 94.1 Å². The van der Waals surface area contributed by atoms with E-state index in [0.29, 0.717) is 30.3 Å². The van der Waals surface area contributed by atoms with Crippen molar-refractivity contribution >= 4 is 11.8 Å². The number of rotatable bonds is 7. The molecule has 0 unspecified atom stereocenters. The van der Waals surface area contributed by atoms with Crippen LogP contribution in [0.25, 0.3) is 0 Å². The van der Waals surface area contributed by atoms with Gasteiger partial charge in [-0.1, -0.05) is 12.1 Å². The number of carbonyl (C=O) groups is 2. The molecule has 0 aliphatic heterocycles. The first-order valence-electron chi connectivity index (χ1n) is 9.33. The van der Waals surface area contributed by atoms with Crippen LogP contribution in [-0.2, 0) is 17.7 Å².